The lowest BCUT2D eigenvalue weighted by molar-refractivity contribution is -0.131. The van der Waals surface area contributed by atoms with Crippen LogP contribution in [0.25, 0.3) is 0 Å². The van der Waals surface area contributed by atoms with Crippen LogP contribution >= 0.6 is 11.8 Å². The minimum Gasteiger partial charge on any atom is -0.477 e. The summed E-state index contributed by atoms with van der Waals surface area (Å²) in [5, 5.41) is 9.42. The Morgan fingerprint density at radius 2 is 2.64 bits per heavy atom. The summed E-state index contributed by atoms with van der Waals surface area (Å²) in [5.41, 5.74) is 0. The maximum absolute atomic E-state index is 10.5. The number of aliphatic carboxylic acids is 1. The molecule has 0 saturated carbocycles. The fourth-order valence-corrected chi connectivity index (χ4v) is 1.90. The molecular formula is C6H6N2O2S. The number of carbonyl (C=O) groups is 1. The monoisotopic (exact) mass is 170 g/mol. The van der Waals surface area contributed by atoms with Gasteiger partial charge in [-0.1, -0.05) is 0 Å². The van der Waals surface area contributed by atoms with Crippen molar-refractivity contribution in [3.8, 4) is 0 Å². The molecule has 4 nitrogen and oxygen atoms in total. The normalized spacial score (nSPS) is 21.3. The second-order valence-corrected chi connectivity index (χ2v) is 3.27. The SMILES string of the molecule is O=C(O)C1=CN2CCN=C2S1. The molecule has 58 valence electrons. The Hall–Kier alpha value is -0.970. The van der Waals surface area contributed by atoms with E-state index < -0.39 is 5.97 Å². The van der Waals surface area contributed by atoms with Gasteiger partial charge in [-0.2, -0.15) is 0 Å². The van der Waals surface area contributed by atoms with Gasteiger partial charge in [0.15, 0.2) is 5.17 Å². The zero-order valence-corrected chi connectivity index (χ0v) is 6.47. The maximum atomic E-state index is 10.5. The number of hydrogen-bond acceptors (Lipinski definition) is 4. The van der Waals surface area contributed by atoms with E-state index in [0.29, 0.717) is 4.91 Å². The van der Waals surface area contributed by atoms with Gasteiger partial charge < -0.3 is 10.0 Å². The minimum absolute atomic E-state index is 0.364. The summed E-state index contributed by atoms with van der Waals surface area (Å²) < 4.78 is 0. The Balaban J connectivity index is 2.21. The third kappa shape index (κ3) is 1.01. The van der Waals surface area contributed by atoms with Crippen molar-refractivity contribution in [2.45, 2.75) is 0 Å². The van der Waals surface area contributed by atoms with E-state index in [1.807, 2.05) is 4.90 Å². The number of carboxylic acids is 1. The first-order valence-corrected chi connectivity index (χ1v) is 4.03. The van der Waals surface area contributed by atoms with Crippen molar-refractivity contribution in [3.63, 3.8) is 0 Å². The van der Waals surface area contributed by atoms with Gasteiger partial charge in [0, 0.05) is 12.7 Å². The van der Waals surface area contributed by atoms with Gasteiger partial charge in [-0.3, -0.25) is 4.99 Å². The van der Waals surface area contributed by atoms with Crippen LogP contribution < -0.4 is 0 Å². The molecule has 2 aliphatic heterocycles. The summed E-state index contributed by atoms with van der Waals surface area (Å²) in [7, 11) is 0. The van der Waals surface area contributed by atoms with E-state index in [1.54, 1.807) is 6.20 Å². The largest absolute Gasteiger partial charge is 0.477 e. The van der Waals surface area contributed by atoms with Crippen molar-refractivity contribution in [2.24, 2.45) is 4.99 Å². The lowest BCUT2D eigenvalue weighted by Gasteiger charge is -2.04. The molecule has 0 aromatic heterocycles. The number of thioether (sulfide) groups is 1. The van der Waals surface area contributed by atoms with Crippen LogP contribution in [0.5, 0.6) is 0 Å². The van der Waals surface area contributed by atoms with E-state index in [2.05, 4.69) is 4.99 Å². The summed E-state index contributed by atoms with van der Waals surface area (Å²) in [6, 6.07) is 0. The Labute approximate surface area is 67.6 Å². The number of fused-ring (bicyclic) bond motifs is 1. The summed E-state index contributed by atoms with van der Waals surface area (Å²) in [4.78, 5) is 16.8. The molecule has 0 radical (unpaired) electrons. The first-order valence-electron chi connectivity index (χ1n) is 3.21. The highest BCUT2D eigenvalue weighted by atomic mass is 32.2. The van der Waals surface area contributed by atoms with Crippen LogP contribution in [-0.4, -0.2) is 34.2 Å². The highest BCUT2D eigenvalue weighted by molar-refractivity contribution is 8.18. The summed E-state index contributed by atoms with van der Waals surface area (Å²) in [6.07, 6.45) is 1.64. The highest BCUT2D eigenvalue weighted by Gasteiger charge is 2.27. The van der Waals surface area contributed by atoms with Crippen LogP contribution in [0, 0.1) is 0 Å². The summed E-state index contributed by atoms with van der Waals surface area (Å²) >= 11 is 1.23. The lowest BCUT2D eigenvalue weighted by atomic mass is 10.5. The molecule has 0 amide bonds. The Morgan fingerprint density at radius 1 is 1.82 bits per heavy atom. The van der Waals surface area contributed by atoms with E-state index >= 15 is 0 Å². The quantitative estimate of drug-likeness (QED) is 0.616. The van der Waals surface area contributed by atoms with Crippen molar-refractivity contribution in [1.29, 1.82) is 0 Å². The molecule has 2 heterocycles. The molecule has 0 fully saturated rings. The Kier molecular flexibility index (Phi) is 1.38. The van der Waals surface area contributed by atoms with Crippen LogP contribution in [-0.2, 0) is 4.79 Å². The van der Waals surface area contributed by atoms with Gasteiger partial charge in [0.2, 0.25) is 0 Å². The van der Waals surface area contributed by atoms with E-state index in [9.17, 15) is 4.79 Å². The summed E-state index contributed by atoms with van der Waals surface area (Å²) in [6.45, 7) is 1.60. The molecule has 0 atom stereocenters. The van der Waals surface area contributed by atoms with Crippen LogP contribution in [0.4, 0.5) is 0 Å². The predicted molar refractivity (Wildman–Crippen MR) is 42.3 cm³/mol. The average molecular weight is 170 g/mol. The number of hydrogen-bond donors (Lipinski definition) is 1. The zero-order valence-electron chi connectivity index (χ0n) is 5.65. The smallest absolute Gasteiger partial charge is 0.344 e. The van der Waals surface area contributed by atoms with Gasteiger partial charge in [0.05, 0.1) is 6.54 Å². The van der Waals surface area contributed by atoms with Gasteiger partial charge >= 0.3 is 5.97 Å². The van der Waals surface area contributed by atoms with E-state index in [0.717, 1.165) is 18.3 Å². The molecule has 2 aliphatic rings. The second-order valence-electron chi connectivity index (χ2n) is 2.26. The van der Waals surface area contributed by atoms with Gasteiger partial charge in [0.1, 0.15) is 4.91 Å². The molecular weight excluding hydrogens is 164 g/mol. The van der Waals surface area contributed by atoms with E-state index in [1.165, 1.54) is 11.8 Å². The van der Waals surface area contributed by atoms with Gasteiger partial charge in [-0.25, -0.2) is 4.79 Å². The molecule has 1 N–H and O–H groups in total. The first kappa shape index (κ1) is 6.72. The zero-order chi connectivity index (χ0) is 7.84. The molecule has 0 aromatic rings. The van der Waals surface area contributed by atoms with Crippen LogP contribution in [0.1, 0.15) is 0 Å². The lowest BCUT2D eigenvalue weighted by Crippen LogP contribution is -2.14. The highest BCUT2D eigenvalue weighted by Crippen LogP contribution is 2.30. The van der Waals surface area contributed by atoms with Crippen LogP contribution in [0.3, 0.4) is 0 Å². The van der Waals surface area contributed by atoms with Crippen LogP contribution in [0.15, 0.2) is 16.1 Å². The van der Waals surface area contributed by atoms with E-state index in [-0.39, 0.29) is 0 Å². The summed E-state index contributed by atoms with van der Waals surface area (Å²) in [5.74, 6) is -0.868. The fraction of sp³-hybridized carbons (Fsp3) is 0.333. The maximum Gasteiger partial charge on any atom is 0.344 e. The molecule has 0 aliphatic carbocycles. The molecule has 11 heavy (non-hydrogen) atoms. The molecule has 0 bridgehead atoms. The number of nitrogens with zero attached hydrogens (tertiary/aromatic N) is 2. The van der Waals surface area contributed by atoms with Crippen molar-refractivity contribution in [2.75, 3.05) is 13.1 Å². The number of carboxylic acid groups (broad SMARTS) is 1. The van der Waals surface area contributed by atoms with Crippen LogP contribution in [0.2, 0.25) is 0 Å². The molecule has 2 rings (SSSR count). The minimum atomic E-state index is -0.868. The topological polar surface area (TPSA) is 52.9 Å². The van der Waals surface area contributed by atoms with Gasteiger partial charge in [0.25, 0.3) is 0 Å². The van der Waals surface area contributed by atoms with Gasteiger partial charge in [-0.15, -0.1) is 0 Å². The van der Waals surface area contributed by atoms with Gasteiger partial charge in [-0.05, 0) is 11.8 Å². The van der Waals surface area contributed by atoms with Crippen molar-refractivity contribution in [3.05, 3.63) is 11.1 Å². The molecule has 0 saturated heterocycles. The molecule has 5 heteroatoms. The first-order chi connectivity index (χ1) is 5.27. The van der Waals surface area contributed by atoms with Crippen molar-refractivity contribution in [1.82, 2.24) is 4.90 Å². The Morgan fingerprint density at radius 3 is 3.27 bits per heavy atom. The molecule has 0 spiro atoms. The molecule has 0 unspecified atom stereocenters. The number of aliphatic imine (C=N–C) groups is 1. The molecule has 0 aromatic carbocycles. The number of amidine groups is 1. The number of rotatable bonds is 1. The average Bonchev–Trinajstić information content (AvgIpc) is 2.40. The third-order valence-electron chi connectivity index (χ3n) is 1.52. The fourth-order valence-electron chi connectivity index (χ4n) is 1.02. The second kappa shape index (κ2) is 2.27. The van der Waals surface area contributed by atoms with E-state index in [4.69, 9.17) is 5.11 Å². The standard InChI is InChI=1S/C6H6N2O2S/c9-5(10)4-3-8-2-1-7-6(8)11-4/h3H,1-2H2,(H,9,10). The van der Waals surface area contributed by atoms with Crippen molar-refractivity contribution >= 4 is 22.9 Å². The third-order valence-corrected chi connectivity index (χ3v) is 2.56. The predicted octanol–water partition coefficient (Wildman–Crippen LogP) is 0.331. The van der Waals surface area contributed by atoms with Crippen molar-refractivity contribution < 1.29 is 9.90 Å². The Bertz CT molecular complexity index is 272.